The third-order valence-electron chi connectivity index (χ3n) is 6.76. The third-order valence-corrected chi connectivity index (χ3v) is 6.76. The van der Waals surface area contributed by atoms with Crippen LogP contribution in [-0.4, -0.2) is 29.0 Å². The molecule has 0 spiro atoms. The van der Waals surface area contributed by atoms with E-state index < -0.39 is 17.6 Å². The van der Waals surface area contributed by atoms with Crippen LogP contribution < -0.4 is 0 Å². The minimum absolute atomic E-state index is 0.0614. The molecule has 2 atom stereocenters. The number of carbonyl (C=O) groups excluding carboxylic acids is 3. The van der Waals surface area contributed by atoms with Gasteiger partial charge in [-0.25, -0.2) is 4.39 Å². The number of imide groups is 1. The van der Waals surface area contributed by atoms with Gasteiger partial charge in [-0.05, 0) is 55.6 Å². The van der Waals surface area contributed by atoms with Crippen molar-refractivity contribution in [2.45, 2.75) is 57.8 Å². The summed E-state index contributed by atoms with van der Waals surface area (Å²) in [5.74, 6) is -0.0684. The van der Waals surface area contributed by atoms with Crippen LogP contribution in [0, 0.1) is 23.6 Å². The van der Waals surface area contributed by atoms with Gasteiger partial charge in [0.05, 0.1) is 17.7 Å². The molecule has 1 heterocycles. The molecule has 1 aromatic carbocycles. The maximum Gasteiger partial charge on any atom is 0.264 e. The minimum Gasteiger partial charge on any atom is -0.298 e. The molecule has 1 aliphatic heterocycles. The molecule has 2 unspecified atom stereocenters. The Labute approximate surface area is 159 Å². The highest BCUT2D eigenvalue weighted by Crippen LogP contribution is 2.41. The van der Waals surface area contributed by atoms with E-state index in [2.05, 4.69) is 0 Å². The lowest BCUT2D eigenvalue weighted by atomic mass is 9.77. The molecular formula is C22H26FNO3. The quantitative estimate of drug-likeness (QED) is 0.738. The standard InChI is InChI=1S/C22H26FNO3/c23-19-7-3-6-18-20(19)22(27)24(21(18)26)13-17(25)12-14-8-10-15-4-1-2-5-16(15)11-9-14/h3,6-7,14-16H,1-2,4-5,8-13H2. The van der Waals surface area contributed by atoms with E-state index in [1.807, 2.05) is 0 Å². The van der Waals surface area contributed by atoms with E-state index in [1.54, 1.807) is 0 Å². The number of halogens is 1. The van der Waals surface area contributed by atoms with Crippen molar-refractivity contribution < 1.29 is 18.8 Å². The summed E-state index contributed by atoms with van der Waals surface area (Å²) in [5.41, 5.74) is -0.139. The molecular weight excluding hydrogens is 345 g/mol. The van der Waals surface area contributed by atoms with E-state index in [0.29, 0.717) is 12.3 Å². The number of hydrogen-bond acceptors (Lipinski definition) is 3. The van der Waals surface area contributed by atoms with Gasteiger partial charge in [0.15, 0.2) is 5.78 Å². The largest absolute Gasteiger partial charge is 0.298 e. The molecule has 1 aromatic rings. The van der Waals surface area contributed by atoms with Crippen molar-refractivity contribution in [1.82, 2.24) is 4.90 Å². The second-order valence-electron chi connectivity index (χ2n) is 8.43. The molecule has 0 saturated heterocycles. The first-order valence-corrected chi connectivity index (χ1v) is 10.2. The number of fused-ring (bicyclic) bond motifs is 2. The number of nitrogens with zero attached hydrogens (tertiary/aromatic N) is 1. The van der Waals surface area contributed by atoms with Crippen molar-refractivity contribution in [3.8, 4) is 0 Å². The van der Waals surface area contributed by atoms with Crippen LogP contribution in [-0.2, 0) is 4.79 Å². The molecule has 4 rings (SSSR count). The number of Topliss-reactive ketones (excluding diaryl/α,β-unsaturated/α-hetero) is 1. The minimum atomic E-state index is -0.702. The molecule has 2 fully saturated rings. The van der Waals surface area contributed by atoms with E-state index in [1.165, 1.54) is 56.7 Å². The van der Waals surface area contributed by atoms with Crippen molar-refractivity contribution in [1.29, 1.82) is 0 Å². The van der Waals surface area contributed by atoms with E-state index >= 15 is 0 Å². The highest BCUT2D eigenvalue weighted by molar-refractivity contribution is 6.22. The Kier molecular flexibility index (Phi) is 5.11. The van der Waals surface area contributed by atoms with Crippen molar-refractivity contribution in [3.63, 3.8) is 0 Å². The maximum absolute atomic E-state index is 13.9. The number of rotatable bonds is 4. The Morgan fingerprint density at radius 3 is 2.26 bits per heavy atom. The first-order valence-electron chi connectivity index (χ1n) is 10.2. The topological polar surface area (TPSA) is 54.5 Å². The SMILES string of the molecule is O=C(CC1CCC2CCCCC2CC1)CN1C(=O)c2cccc(F)c2C1=O. The Bertz CT molecular complexity index is 759. The van der Waals surface area contributed by atoms with Crippen LogP contribution in [0.2, 0.25) is 0 Å². The van der Waals surface area contributed by atoms with E-state index in [0.717, 1.165) is 29.6 Å². The predicted molar refractivity (Wildman–Crippen MR) is 98.8 cm³/mol. The molecule has 2 amide bonds. The van der Waals surface area contributed by atoms with Crippen molar-refractivity contribution >= 4 is 17.6 Å². The molecule has 2 aliphatic carbocycles. The van der Waals surface area contributed by atoms with Gasteiger partial charge in [0.2, 0.25) is 0 Å². The summed E-state index contributed by atoms with van der Waals surface area (Å²) in [7, 11) is 0. The molecule has 0 bridgehead atoms. The number of carbonyl (C=O) groups is 3. The summed E-state index contributed by atoms with van der Waals surface area (Å²) in [6.07, 6.45) is 10.2. The van der Waals surface area contributed by atoms with Gasteiger partial charge in [-0.15, -0.1) is 0 Å². The Balaban J connectivity index is 1.37. The summed E-state index contributed by atoms with van der Waals surface area (Å²) < 4.78 is 13.9. The normalized spacial score (nSPS) is 27.9. The van der Waals surface area contributed by atoms with Gasteiger partial charge < -0.3 is 0 Å². The third kappa shape index (κ3) is 3.56. The number of amides is 2. The van der Waals surface area contributed by atoms with Crippen molar-refractivity contribution in [3.05, 3.63) is 35.1 Å². The van der Waals surface area contributed by atoms with E-state index in [4.69, 9.17) is 0 Å². The smallest absolute Gasteiger partial charge is 0.264 e. The van der Waals surface area contributed by atoms with Crippen LogP contribution >= 0.6 is 0 Å². The van der Waals surface area contributed by atoms with Gasteiger partial charge in [0.25, 0.3) is 11.8 Å². The fourth-order valence-electron chi connectivity index (χ4n) is 5.29. The molecule has 5 heteroatoms. The van der Waals surface area contributed by atoms with E-state index in [9.17, 15) is 18.8 Å². The van der Waals surface area contributed by atoms with Gasteiger partial charge in [0.1, 0.15) is 5.82 Å². The molecule has 144 valence electrons. The van der Waals surface area contributed by atoms with Gasteiger partial charge in [-0.1, -0.05) is 31.7 Å². The number of ketones is 1. The van der Waals surface area contributed by atoms with Gasteiger partial charge >= 0.3 is 0 Å². The van der Waals surface area contributed by atoms with Gasteiger partial charge in [-0.3, -0.25) is 19.3 Å². The molecule has 0 radical (unpaired) electrons. The summed E-state index contributed by atoms with van der Waals surface area (Å²) in [5, 5.41) is 0. The fourth-order valence-corrected chi connectivity index (χ4v) is 5.29. The molecule has 3 aliphatic rings. The Morgan fingerprint density at radius 1 is 0.963 bits per heavy atom. The highest BCUT2D eigenvalue weighted by atomic mass is 19.1. The average Bonchev–Trinajstić information content (AvgIpc) is 2.81. The predicted octanol–water partition coefficient (Wildman–Crippen LogP) is 4.38. The molecule has 2 saturated carbocycles. The zero-order valence-corrected chi connectivity index (χ0v) is 15.6. The monoisotopic (exact) mass is 371 g/mol. The zero-order chi connectivity index (χ0) is 19.0. The summed E-state index contributed by atoms with van der Waals surface area (Å²) in [6, 6.07) is 4.02. The fraction of sp³-hybridized carbons (Fsp3) is 0.591. The van der Waals surface area contributed by atoms with Gasteiger partial charge in [-0.2, -0.15) is 0 Å². The summed E-state index contributed by atoms with van der Waals surface area (Å²) in [6.45, 7) is -0.241. The second-order valence-corrected chi connectivity index (χ2v) is 8.43. The van der Waals surface area contributed by atoms with Crippen molar-refractivity contribution in [2.75, 3.05) is 6.54 Å². The molecule has 0 aromatic heterocycles. The van der Waals surface area contributed by atoms with Crippen LogP contribution in [0.5, 0.6) is 0 Å². The molecule has 27 heavy (non-hydrogen) atoms. The molecule has 0 N–H and O–H groups in total. The van der Waals surface area contributed by atoms with Crippen LogP contribution in [0.4, 0.5) is 4.39 Å². The van der Waals surface area contributed by atoms with E-state index in [-0.39, 0.29) is 23.5 Å². The van der Waals surface area contributed by atoms with Crippen LogP contribution in [0.3, 0.4) is 0 Å². The Hall–Kier alpha value is -2.04. The zero-order valence-electron chi connectivity index (χ0n) is 15.6. The lowest BCUT2D eigenvalue weighted by Crippen LogP contribution is -2.35. The number of hydrogen-bond donors (Lipinski definition) is 0. The first-order chi connectivity index (χ1) is 13.0. The average molecular weight is 371 g/mol. The maximum atomic E-state index is 13.9. The molecule has 4 nitrogen and oxygen atoms in total. The summed E-state index contributed by atoms with van der Waals surface area (Å²) >= 11 is 0. The first kappa shape index (κ1) is 18.3. The number of benzene rings is 1. The Morgan fingerprint density at radius 2 is 1.63 bits per heavy atom. The van der Waals surface area contributed by atoms with Crippen molar-refractivity contribution in [2.24, 2.45) is 17.8 Å². The van der Waals surface area contributed by atoms with Crippen LogP contribution in [0.25, 0.3) is 0 Å². The highest BCUT2D eigenvalue weighted by Gasteiger charge is 2.39. The van der Waals surface area contributed by atoms with Gasteiger partial charge in [0, 0.05) is 6.42 Å². The lowest BCUT2D eigenvalue weighted by molar-refractivity contribution is -0.120. The van der Waals surface area contributed by atoms with Crippen LogP contribution in [0.1, 0.15) is 78.5 Å². The second kappa shape index (κ2) is 7.53. The summed E-state index contributed by atoms with van der Waals surface area (Å²) in [4.78, 5) is 38.3. The van der Waals surface area contributed by atoms with Crippen LogP contribution in [0.15, 0.2) is 18.2 Å². The lowest BCUT2D eigenvalue weighted by Gasteiger charge is -2.29.